The molecule has 0 amide bonds. The summed E-state index contributed by atoms with van der Waals surface area (Å²) in [6.45, 7) is 2.51. The highest BCUT2D eigenvalue weighted by molar-refractivity contribution is 9.10. The van der Waals surface area contributed by atoms with Crippen LogP contribution >= 0.6 is 27.5 Å². The zero-order valence-electron chi connectivity index (χ0n) is 9.41. The first-order valence-corrected chi connectivity index (χ1v) is 6.46. The standard InChI is InChI=1S/C14H12BrClO/c1-10-8-12(15)6-7-14(10)17-9-11-4-2-3-5-13(11)16/h2-8H,9H2,1H3. The lowest BCUT2D eigenvalue weighted by Gasteiger charge is -2.10. The Morgan fingerprint density at radius 1 is 1.18 bits per heavy atom. The molecule has 1 nitrogen and oxygen atoms in total. The maximum atomic E-state index is 6.07. The topological polar surface area (TPSA) is 9.23 Å². The predicted molar refractivity (Wildman–Crippen MR) is 74.7 cm³/mol. The molecule has 0 N–H and O–H groups in total. The first-order valence-electron chi connectivity index (χ1n) is 5.29. The van der Waals surface area contributed by atoms with Gasteiger partial charge in [0.2, 0.25) is 0 Å². The van der Waals surface area contributed by atoms with E-state index < -0.39 is 0 Å². The molecule has 0 spiro atoms. The molecule has 2 aromatic rings. The van der Waals surface area contributed by atoms with E-state index in [1.54, 1.807) is 0 Å². The van der Waals surface area contributed by atoms with E-state index in [0.29, 0.717) is 6.61 Å². The van der Waals surface area contributed by atoms with Crippen molar-refractivity contribution >= 4 is 27.5 Å². The summed E-state index contributed by atoms with van der Waals surface area (Å²) in [6, 6.07) is 13.7. The summed E-state index contributed by atoms with van der Waals surface area (Å²) >= 11 is 9.50. The van der Waals surface area contributed by atoms with Gasteiger partial charge in [0.15, 0.2) is 0 Å². The second-order valence-electron chi connectivity index (χ2n) is 3.79. The summed E-state index contributed by atoms with van der Waals surface area (Å²) < 4.78 is 6.81. The fourth-order valence-corrected chi connectivity index (χ4v) is 2.21. The molecule has 88 valence electrons. The maximum absolute atomic E-state index is 6.07. The van der Waals surface area contributed by atoms with Crippen molar-refractivity contribution in [3.63, 3.8) is 0 Å². The normalized spacial score (nSPS) is 10.3. The van der Waals surface area contributed by atoms with Crippen molar-refractivity contribution in [1.82, 2.24) is 0 Å². The number of rotatable bonds is 3. The average Bonchev–Trinajstić information content (AvgIpc) is 2.30. The summed E-state index contributed by atoms with van der Waals surface area (Å²) in [7, 11) is 0. The Balaban J connectivity index is 2.10. The van der Waals surface area contributed by atoms with Crippen LogP contribution in [0.25, 0.3) is 0 Å². The summed E-state index contributed by atoms with van der Waals surface area (Å²) in [4.78, 5) is 0. The Morgan fingerprint density at radius 3 is 2.65 bits per heavy atom. The van der Waals surface area contributed by atoms with E-state index in [-0.39, 0.29) is 0 Å². The molecule has 0 saturated heterocycles. The molecule has 3 heteroatoms. The van der Waals surface area contributed by atoms with Crippen LogP contribution in [0.4, 0.5) is 0 Å². The number of benzene rings is 2. The van der Waals surface area contributed by atoms with Crippen molar-refractivity contribution < 1.29 is 4.74 Å². The molecular formula is C14H12BrClO. The monoisotopic (exact) mass is 310 g/mol. The zero-order chi connectivity index (χ0) is 12.3. The molecule has 2 rings (SSSR count). The van der Waals surface area contributed by atoms with Crippen LogP contribution in [0.5, 0.6) is 5.75 Å². The highest BCUT2D eigenvalue weighted by Crippen LogP contribution is 2.24. The van der Waals surface area contributed by atoms with Crippen molar-refractivity contribution in [3.05, 3.63) is 63.1 Å². The summed E-state index contributed by atoms with van der Waals surface area (Å²) in [5, 5.41) is 0.738. The SMILES string of the molecule is Cc1cc(Br)ccc1OCc1ccccc1Cl. The van der Waals surface area contributed by atoms with Gasteiger partial charge in [0.25, 0.3) is 0 Å². The van der Waals surface area contributed by atoms with Crippen LogP contribution in [0.2, 0.25) is 5.02 Å². The highest BCUT2D eigenvalue weighted by Gasteiger charge is 2.03. The third kappa shape index (κ3) is 3.24. The van der Waals surface area contributed by atoms with E-state index in [1.165, 1.54) is 0 Å². The van der Waals surface area contributed by atoms with Gasteiger partial charge >= 0.3 is 0 Å². The molecule has 0 fully saturated rings. The van der Waals surface area contributed by atoms with Gasteiger partial charge in [-0.3, -0.25) is 0 Å². The minimum atomic E-state index is 0.488. The zero-order valence-corrected chi connectivity index (χ0v) is 11.8. The van der Waals surface area contributed by atoms with E-state index in [9.17, 15) is 0 Å². The van der Waals surface area contributed by atoms with Crippen LogP contribution in [0.1, 0.15) is 11.1 Å². The van der Waals surface area contributed by atoms with Gasteiger partial charge in [-0.25, -0.2) is 0 Å². The lowest BCUT2D eigenvalue weighted by atomic mass is 10.2. The van der Waals surface area contributed by atoms with E-state index in [1.807, 2.05) is 49.4 Å². The largest absolute Gasteiger partial charge is 0.489 e. The molecule has 0 unspecified atom stereocenters. The van der Waals surface area contributed by atoms with Crippen molar-refractivity contribution in [3.8, 4) is 5.75 Å². The van der Waals surface area contributed by atoms with Gasteiger partial charge in [-0.1, -0.05) is 45.7 Å². The number of ether oxygens (including phenoxy) is 1. The van der Waals surface area contributed by atoms with Crippen LogP contribution in [0.15, 0.2) is 46.9 Å². The van der Waals surface area contributed by atoms with E-state index in [0.717, 1.165) is 26.4 Å². The molecule has 0 bridgehead atoms. The lowest BCUT2D eigenvalue weighted by molar-refractivity contribution is 0.304. The van der Waals surface area contributed by atoms with Gasteiger partial charge in [0.05, 0.1) is 0 Å². The van der Waals surface area contributed by atoms with E-state index in [4.69, 9.17) is 16.3 Å². The van der Waals surface area contributed by atoms with Crippen molar-refractivity contribution in [2.75, 3.05) is 0 Å². The molecule has 0 aliphatic rings. The van der Waals surface area contributed by atoms with Crippen molar-refractivity contribution in [2.24, 2.45) is 0 Å². The van der Waals surface area contributed by atoms with Crippen LogP contribution in [0.3, 0.4) is 0 Å². The summed E-state index contributed by atoms with van der Waals surface area (Å²) in [5.74, 6) is 0.883. The van der Waals surface area contributed by atoms with Crippen LogP contribution in [-0.2, 0) is 6.61 Å². The van der Waals surface area contributed by atoms with Gasteiger partial charge in [-0.05, 0) is 36.8 Å². The fourth-order valence-electron chi connectivity index (χ4n) is 1.55. The van der Waals surface area contributed by atoms with Gasteiger partial charge in [0, 0.05) is 15.1 Å². The molecule has 17 heavy (non-hydrogen) atoms. The molecule has 0 aliphatic heterocycles. The quantitative estimate of drug-likeness (QED) is 0.776. The smallest absolute Gasteiger partial charge is 0.122 e. The first kappa shape index (κ1) is 12.5. The van der Waals surface area contributed by atoms with Crippen LogP contribution in [0, 0.1) is 6.92 Å². The Labute approximate surface area is 115 Å². The second kappa shape index (κ2) is 5.56. The van der Waals surface area contributed by atoms with Gasteiger partial charge in [0.1, 0.15) is 12.4 Å². The summed E-state index contributed by atoms with van der Waals surface area (Å²) in [5.41, 5.74) is 2.10. The molecule has 0 atom stereocenters. The Bertz CT molecular complexity index is 525. The second-order valence-corrected chi connectivity index (χ2v) is 5.11. The van der Waals surface area contributed by atoms with Gasteiger partial charge in [-0.2, -0.15) is 0 Å². The Kier molecular flexibility index (Phi) is 4.08. The number of aryl methyl sites for hydroxylation is 1. The van der Waals surface area contributed by atoms with E-state index in [2.05, 4.69) is 15.9 Å². The van der Waals surface area contributed by atoms with Crippen molar-refractivity contribution in [2.45, 2.75) is 13.5 Å². The van der Waals surface area contributed by atoms with E-state index >= 15 is 0 Å². The molecule has 2 aromatic carbocycles. The lowest BCUT2D eigenvalue weighted by Crippen LogP contribution is -1.97. The molecule has 0 radical (unpaired) electrons. The van der Waals surface area contributed by atoms with Crippen molar-refractivity contribution in [1.29, 1.82) is 0 Å². The maximum Gasteiger partial charge on any atom is 0.122 e. The fraction of sp³-hybridized carbons (Fsp3) is 0.143. The molecule has 0 aromatic heterocycles. The number of hydrogen-bond acceptors (Lipinski definition) is 1. The molecule has 0 saturated carbocycles. The molecule has 0 aliphatic carbocycles. The average molecular weight is 312 g/mol. The molecular weight excluding hydrogens is 300 g/mol. The Hall–Kier alpha value is -0.990. The third-order valence-electron chi connectivity index (χ3n) is 2.48. The summed E-state index contributed by atoms with van der Waals surface area (Å²) in [6.07, 6.45) is 0. The first-order chi connectivity index (χ1) is 8.16. The molecule has 0 heterocycles. The van der Waals surface area contributed by atoms with Gasteiger partial charge in [-0.15, -0.1) is 0 Å². The van der Waals surface area contributed by atoms with Crippen LogP contribution < -0.4 is 4.74 Å². The third-order valence-corrected chi connectivity index (χ3v) is 3.34. The highest BCUT2D eigenvalue weighted by atomic mass is 79.9. The van der Waals surface area contributed by atoms with Gasteiger partial charge < -0.3 is 4.74 Å². The number of hydrogen-bond donors (Lipinski definition) is 0. The number of halogens is 2. The minimum Gasteiger partial charge on any atom is -0.489 e. The predicted octanol–water partition coefficient (Wildman–Crippen LogP) is 4.99. The van der Waals surface area contributed by atoms with Crippen LogP contribution in [-0.4, -0.2) is 0 Å². The minimum absolute atomic E-state index is 0.488. The Morgan fingerprint density at radius 2 is 1.94 bits per heavy atom.